The number of ether oxygens (including phenoxy) is 2. The van der Waals surface area contributed by atoms with Crippen LogP contribution >= 0.6 is 0 Å². The quantitative estimate of drug-likeness (QED) is 0.552. The Labute approximate surface area is 63.5 Å². The molecule has 0 radical (unpaired) electrons. The SMILES string of the molecule is CCC(OC)OCC(C)C. The Balaban J connectivity index is 3.26. The molecule has 0 rings (SSSR count). The van der Waals surface area contributed by atoms with Gasteiger partial charge in [-0.1, -0.05) is 20.8 Å². The summed E-state index contributed by atoms with van der Waals surface area (Å²) in [5.74, 6) is 0.587. The predicted molar refractivity (Wildman–Crippen MR) is 41.9 cm³/mol. The molecule has 0 aliphatic heterocycles. The van der Waals surface area contributed by atoms with Crippen LogP contribution in [-0.2, 0) is 9.47 Å². The van der Waals surface area contributed by atoms with Gasteiger partial charge in [0.15, 0.2) is 6.29 Å². The summed E-state index contributed by atoms with van der Waals surface area (Å²) in [4.78, 5) is 0. The van der Waals surface area contributed by atoms with Gasteiger partial charge < -0.3 is 9.47 Å². The maximum Gasteiger partial charge on any atom is 0.156 e. The van der Waals surface area contributed by atoms with Gasteiger partial charge in [0.25, 0.3) is 0 Å². The zero-order valence-electron chi connectivity index (χ0n) is 7.39. The summed E-state index contributed by atoms with van der Waals surface area (Å²) in [6, 6.07) is 0. The van der Waals surface area contributed by atoms with E-state index in [1.165, 1.54) is 0 Å². The number of rotatable bonds is 5. The third-order valence-corrected chi connectivity index (χ3v) is 1.21. The molecule has 0 bridgehead atoms. The van der Waals surface area contributed by atoms with Crippen LogP contribution in [0.15, 0.2) is 0 Å². The first-order valence-corrected chi connectivity index (χ1v) is 3.85. The van der Waals surface area contributed by atoms with Crippen LogP contribution in [0.3, 0.4) is 0 Å². The topological polar surface area (TPSA) is 18.5 Å². The summed E-state index contributed by atoms with van der Waals surface area (Å²) in [5.41, 5.74) is 0. The van der Waals surface area contributed by atoms with Crippen molar-refractivity contribution < 1.29 is 9.47 Å². The molecule has 0 saturated heterocycles. The molecule has 0 aromatic rings. The van der Waals surface area contributed by atoms with Crippen molar-refractivity contribution in [2.75, 3.05) is 13.7 Å². The average Bonchev–Trinajstić information content (AvgIpc) is 1.90. The van der Waals surface area contributed by atoms with Crippen LogP contribution in [0, 0.1) is 5.92 Å². The fourth-order valence-electron chi connectivity index (χ4n) is 0.652. The monoisotopic (exact) mass is 146 g/mol. The Hall–Kier alpha value is -0.0800. The van der Waals surface area contributed by atoms with Crippen molar-refractivity contribution in [3.05, 3.63) is 0 Å². The summed E-state index contributed by atoms with van der Waals surface area (Å²) in [6.45, 7) is 7.09. The second-order valence-electron chi connectivity index (χ2n) is 2.80. The minimum Gasteiger partial charge on any atom is -0.356 e. The van der Waals surface area contributed by atoms with Crippen LogP contribution in [-0.4, -0.2) is 20.0 Å². The van der Waals surface area contributed by atoms with Gasteiger partial charge in [-0.05, 0) is 12.3 Å². The fraction of sp³-hybridized carbons (Fsp3) is 1.00. The molecule has 0 aromatic heterocycles. The van der Waals surface area contributed by atoms with E-state index in [-0.39, 0.29) is 6.29 Å². The van der Waals surface area contributed by atoms with Gasteiger partial charge in [0.1, 0.15) is 0 Å². The first kappa shape index (κ1) is 9.92. The molecule has 0 spiro atoms. The Morgan fingerprint density at radius 1 is 1.30 bits per heavy atom. The summed E-state index contributed by atoms with van der Waals surface area (Å²) in [7, 11) is 1.68. The normalized spacial score (nSPS) is 14.1. The zero-order chi connectivity index (χ0) is 7.98. The molecular formula is C8H18O2. The molecule has 1 unspecified atom stereocenters. The van der Waals surface area contributed by atoms with E-state index in [1.54, 1.807) is 7.11 Å². The number of hydrogen-bond acceptors (Lipinski definition) is 2. The van der Waals surface area contributed by atoms with Crippen molar-refractivity contribution >= 4 is 0 Å². The van der Waals surface area contributed by atoms with E-state index in [4.69, 9.17) is 9.47 Å². The first-order valence-electron chi connectivity index (χ1n) is 3.85. The Kier molecular flexibility index (Phi) is 5.64. The van der Waals surface area contributed by atoms with Crippen LogP contribution in [0.2, 0.25) is 0 Å². The highest BCUT2D eigenvalue weighted by molar-refractivity contribution is 4.42. The highest BCUT2D eigenvalue weighted by atomic mass is 16.7. The maximum atomic E-state index is 5.38. The van der Waals surface area contributed by atoms with Crippen molar-refractivity contribution in [2.24, 2.45) is 5.92 Å². The Morgan fingerprint density at radius 3 is 2.20 bits per heavy atom. The van der Waals surface area contributed by atoms with Crippen LogP contribution in [0.4, 0.5) is 0 Å². The average molecular weight is 146 g/mol. The van der Waals surface area contributed by atoms with Crippen LogP contribution in [0.25, 0.3) is 0 Å². The van der Waals surface area contributed by atoms with E-state index in [0.29, 0.717) is 5.92 Å². The molecule has 0 N–H and O–H groups in total. The zero-order valence-corrected chi connectivity index (χ0v) is 7.39. The molecule has 10 heavy (non-hydrogen) atoms. The molecule has 2 heteroatoms. The van der Waals surface area contributed by atoms with Gasteiger partial charge in [0.05, 0.1) is 6.61 Å². The molecule has 62 valence electrons. The fourth-order valence-corrected chi connectivity index (χ4v) is 0.652. The van der Waals surface area contributed by atoms with Crippen LogP contribution in [0.5, 0.6) is 0 Å². The van der Waals surface area contributed by atoms with Gasteiger partial charge in [-0.2, -0.15) is 0 Å². The second kappa shape index (κ2) is 5.69. The molecular weight excluding hydrogens is 128 g/mol. The van der Waals surface area contributed by atoms with E-state index >= 15 is 0 Å². The van der Waals surface area contributed by atoms with Gasteiger partial charge in [0, 0.05) is 7.11 Å². The molecule has 2 nitrogen and oxygen atoms in total. The highest BCUT2D eigenvalue weighted by Crippen LogP contribution is 2.01. The maximum absolute atomic E-state index is 5.38. The summed E-state index contributed by atoms with van der Waals surface area (Å²) in [5, 5.41) is 0. The molecule has 0 heterocycles. The molecule has 0 amide bonds. The van der Waals surface area contributed by atoms with E-state index in [2.05, 4.69) is 20.8 Å². The second-order valence-corrected chi connectivity index (χ2v) is 2.80. The molecule has 0 aliphatic carbocycles. The van der Waals surface area contributed by atoms with Gasteiger partial charge in [-0.15, -0.1) is 0 Å². The van der Waals surface area contributed by atoms with Crippen molar-refractivity contribution in [3.8, 4) is 0 Å². The van der Waals surface area contributed by atoms with Crippen LogP contribution < -0.4 is 0 Å². The van der Waals surface area contributed by atoms with Crippen molar-refractivity contribution in [1.82, 2.24) is 0 Å². The van der Waals surface area contributed by atoms with Crippen LogP contribution in [0.1, 0.15) is 27.2 Å². The lowest BCUT2D eigenvalue weighted by molar-refractivity contribution is -0.131. The van der Waals surface area contributed by atoms with Gasteiger partial charge >= 0.3 is 0 Å². The van der Waals surface area contributed by atoms with Crippen molar-refractivity contribution in [3.63, 3.8) is 0 Å². The summed E-state index contributed by atoms with van der Waals surface area (Å²) >= 11 is 0. The number of methoxy groups -OCH3 is 1. The summed E-state index contributed by atoms with van der Waals surface area (Å²) < 4.78 is 10.4. The minimum atomic E-state index is -0.0117. The molecule has 0 fully saturated rings. The lowest BCUT2D eigenvalue weighted by Gasteiger charge is -2.15. The minimum absolute atomic E-state index is 0.0117. The third kappa shape index (κ3) is 4.77. The largest absolute Gasteiger partial charge is 0.356 e. The summed E-state index contributed by atoms with van der Waals surface area (Å²) in [6.07, 6.45) is 0.908. The van der Waals surface area contributed by atoms with E-state index in [0.717, 1.165) is 13.0 Å². The molecule has 0 saturated carbocycles. The first-order chi connectivity index (χ1) is 4.70. The van der Waals surface area contributed by atoms with Crippen molar-refractivity contribution in [1.29, 1.82) is 0 Å². The highest BCUT2D eigenvalue weighted by Gasteiger charge is 2.03. The Bertz CT molecular complexity index is 67.7. The van der Waals surface area contributed by atoms with Gasteiger partial charge in [0.2, 0.25) is 0 Å². The molecule has 0 aromatic carbocycles. The predicted octanol–water partition coefficient (Wildman–Crippen LogP) is 2.04. The van der Waals surface area contributed by atoms with E-state index in [9.17, 15) is 0 Å². The molecule has 0 aliphatic rings. The molecule has 1 atom stereocenters. The number of hydrogen-bond donors (Lipinski definition) is 0. The smallest absolute Gasteiger partial charge is 0.156 e. The van der Waals surface area contributed by atoms with E-state index < -0.39 is 0 Å². The lowest BCUT2D eigenvalue weighted by Crippen LogP contribution is -2.16. The standard InChI is InChI=1S/C8H18O2/c1-5-8(9-4)10-6-7(2)3/h7-8H,5-6H2,1-4H3. The van der Waals surface area contributed by atoms with E-state index in [1.807, 2.05) is 0 Å². The Morgan fingerprint density at radius 2 is 1.90 bits per heavy atom. The third-order valence-electron chi connectivity index (χ3n) is 1.21. The lowest BCUT2D eigenvalue weighted by atomic mass is 10.2. The van der Waals surface area contributed by atoms with Gasteiger partial charge in [-0.3, -0.25) is 0 Å². The van der Waals surface area contributed by atoms with Crippen molar-refractivity contribution in [2.45, 2.75) is 33.5 Å². The van der Waals surface area contributed by atoms with Gasteiger partial charge in [-0.25, -0.2) is 0 Å².